The maximum absolute atomic E-state index is 11.7. The van der Waals surface area contributed by atoms with Crippen molar-refractivity contribution in [3.8, 4) is 0 Å². The van der Waals surface area contributed by atoms with Gasteiger partial charge in [0, 0.05) is 16.5 Å². The highest BCUT2D eigenvalue weighted by Crippen LogP contribution is 2.16. The molecule has 3 nitrogen and oxygen atoms in total. The summed E-state index contributed by atoms with van der Waals surface area (Å²) in [7, 11) is 0. The van der Waals surface area contributed by atoms with Crippen molar-refractivity contribution in [3.63, 3.8) is 0 Å². The van der Waals surface area contributed by atoms with E-state index in [4.69, 9.17) is 11.6 Å². The van der Waals surface area contributed by atoms with Crippen LogP contribution in [-0.2, 0) is 10.5 Å². The fraction of sp³-hybridized carbons (Fsp3) is 0.467. The van der Waals surface area contributed by atoms with E-state index in [0.717, 1.165) is 34.9 Å². The van der Waals surface area contributed by atoms with Gasteiger partial charge in [-0.15, -0.1) is 11.8 Å². The Morgan fingerprint density at radius 2 is 2.10 bits per heavy atom. The smallest absolute Gasteiger partial charge is 0.250 e. The largest absolute Gasteiger partial charge is 0.272 e. The van der Waals surface area contributed by atoms with Crippen molar-refractivity contribution in [2.24, 2.45) is 5.10 Å². The Bertz CT molecular complexity index is 483. The van der Waals surface area contributed by atoms with Gasteiger partial charge in [-0.05, 0) is 43.4 Å². The van der Waals surface area contributed by atoms with Crippen LogP contribution in [0.1, 0.15) is 37.7 Å². The molecule has 1 saturated carbocycles. The van der Waals surface area contributed by atoms with Crippen LogP contribution in [0.15, 0.2) is 29.4 Å². The minimum Gasteiger partial charge on any atom is -0.272 e. The second-order valence-electron chi connectivity index (χ2n) is 4.90. The first kappa shape index (κ1) is 15.4. The van der Waals surface area contributed by atoms with E-state index in [1.54, 1.807) is 11.8 Å². The number of nitrogens with one attached hydrogen (secondary N) is 1. The van der Waals surface area contributed by atoms with Gasteiger partial charge in [-0.25, -0.2) is 5.43 Å². The number of halogens is 1. The molecule has 1 aromatic rings. The number of hydrazone groups is 1. The summed E-state index contributed by atoms with van der Waals surface area (Å²) in [5, 5.41) is 4.94. The maximum atomic E-state index is 11.7. The highest BCUT2D eigenvalue weighted by molar-refractivity contribution is 7.99. The van der Waals surface area contributed by atoms with Gasteiger partial charge in [0.25, 0.3) is 0 Å². The van der Waals surface area contributed by atoms with E-state index in [1.807, 2.05) is 24.3 Å². The summed E-state index contributed by atoms with van der Waals surface area (Å²) in [5.74, 6) is 1.17. The molecule has 2 rings (SSSR count). The molecule has 0 saturated heterocycles. The molecule has 0 radical (unpaired) electrons. The summed E-state index contributed by atoms with van der Waals surface area (Å²) in [5.41, 5.74) is 4.91. The van der Waals surface area contributed by atoms with Crippen LogP contribution in [0.25, 0.3) is 0 Å². The van der Waals surface area contributed by atoms with Gasteiger partial charge in [0.05, 0.1) is 5.75 Å². The highest BCUT2D eigenvalue weighted by Gasteiger charge is 2.07. The molecule has 1 aromatic carbocycles. The van der Waals surface area contributed by atoms with Crippen molar-refractivity contribution in [2.45, 2.75) is 37.9 Å². The lowest BCUT2D eigenvalue weighted by molar-refractivity contribution is -0.118. The van der Waals surface area contributed by atoms with Gasteiger partial charge in [0.1, 0.15) is 0 Å². The summed E-state index contributed by atoms with van der Waals surface area (Å²) in [6.45, 7) is 0. The molecule has 0 spiro atoms. The molecular weight excluding hydrogens is 292 g/mol. The molecule has 0 unspecified atom stereocenters. The normalized spacial score (nSPS) is 14.9. The first-order valence-electron chi connectivity index (χ1n) is 6.90. The zero-order chi connectivity index (χ0) is 14.2. The van der Waals surface area contributed by atoms with Gasteiger partial charge in [-0.3, -0.25) is 4.79 Å². The van der Waals surface area contributed by atoms with Crippen molar-refractivity contribution in [1.82, 2.24) is 5.43 Å². The van der Waals surface area contributed by atoms with Crippen LogP contribution in [0.4, 0.5) is 0 Å². The Labute approximate surface area is 129 Å². The zero-order valence-corrected chi connectivity index (χ0v) is 13.0. The van der Waals surface area contributed by atoms with E-state index in [2.05, 4.69) is 10.5 Å². The number of thioether (sulfide) groups is 1. The van der Waals surface area contributed by atoms with Crippen LogP contribution in [0.2, 0.25) is 5.02 Å². The molecule has 1 aliphatic carbocycles. The lowest BCUT2D eigenvalue weighted by atomic mass is 9.99. The maximum Gasteiger partial charge on any atom is 0.250 e. The highest BCUT2D eigenvalue weighted by atomic mass is 35.5. The average molecular weight is 311 g/mol. The van der Waals surface area contributed by atoms with Crippen LogP contribution in [-0.4, -0.2) is 17.4 Å². The van der Waals surface area contributed by atoms with Crippen molar-refractivity contribution in [2.75, 3.05) is 5.75 Å². The van der Waals surface area contributed by atoms with Crippen LogP contribution in [0, 0.1) is 0 Å². The fourth-order valence-electron chi connectivity index (χ4n) is 2.13. The predicted octanol–water partition coefficient (Wildman–Crippen LogP) is 4.01. The molecule has 1 amide bonds. The van der Waals surface area contributed by atoms with Gasteiger partial charge < -0.3 is 0 Å². The Morgan fingerprint density at radius 1 is 1.30 bits per heavy atom. The summed E-state index contributed by atoms with van der Waals surface area (Å²) < 4.78 is 0. The summed E-state index contributed by atoms with van der Waals surface area (Å²) in [4.78, 5) is 11.7. The first-order chi connectivity index (χ1) is 9.74. The standard InChI is InChI=1S/C15H19ClN2OS/c16-13-6-4-5-12(9-13)10-20-11-15(19)18-17-14-7-2-1-3-8-14/h4-6,9H,1-3,7-8,10-11H2,(H,18,19). The van der Waals surface area contributed by atoms with Crippen LogP contribution in [0.3, 0.4) is 0 Å². The Morgan fingerprint density at radius 3 is 2.85 bits per heavy atom. The Kier molecular flexibility index (Phi) is 6.40. The Balaban J connectivity index is 1.67. The number of benzene rings is 1. The van der Waals surface area contributed by atoms with Crippen LogP contribution >= 0.6 is 23.4 Å². The number of hydrogen-bond acceptors (Lipinski definition) is 3. The molecule has 1 aliphatic rings. The first-order valence-corrected chi connectivity index (χ1v) is 8.44. The van der Waals surface area contributed by atoms with Crippen LogP contribution in [0.5, 0.6) is 0 Å². The summed E-state index contributed by atoms with van der Waals surface area (Å²) >= 11 is 7.49. The third kappa shape index (κ3) is 5.55. The van der Waals surface area contributed by atoms with Gasteiger partial charge in [0.15, 0.2) is 0 Å². The number of carbonyl (C=O) groups is 1. The molecule has 1 N–H and O–H groups in total. The minimum absolute atomic E-state index is 0.0323. The van der Waals surface area contributed by atoms with Gasteiger partial charge in [0.2, 0.25) is 5.91 Å². The Hall–Kier alpha value is -1.00. The topological polar surface area (TPSA) is 41.5 Å². The van der Waals surface area contributed by atoms with Crippen molar-refractivity contribution < 1.29 is 4.79 Å². The summed E-state index contributed by atoms with van der Waals surface area (Å²) in [6, 6.07) is 7.71. The number of rotatable bonds is 5. The minimum atomic E-state index is -0.0323. The third-order valence-electron chi connectivity index (χ3n) is 3.16. The summed E-state index contributed by atoms with van der Waals surface area (Å²) in [6.07, 6.45) is 5.71. The molecule has 108 valence electrons. The van der Waals surface area contributed by atoms with Crippen molar-refractivity contribution >= 4 is 35.0 Å². The molecule has 0 atom stereocenters. The number of amides is 1. The monoisotopic (exact) mass is 310 g/mol. The fourth-order valence-corrected chi connectivity index (χ4v) is 3.11. The van der Waals surface area contributed by atoms with E-state index in [1.165, 1.54) is 19.3 Å². The number of hydrogen-bond donors (Lipinski definition) is 1. The molecule has 1 fully saturated rings. The molecular formula is C15H19ClN2OS. The van der Waals surface area contributed by atoms with Gasteiger partial charge in [-0.2, -0.15) is 5.10 Å². The van der Waals surface area contributed by atoms with Crippen molar-refractivity contribution in [1.29, 1.82) is 0 Å². The van der Waals surface area contributed by atoms with E-state index in [0.29, 0.717) is 5.75 Å². The predicted molar refractivity (Wildman–Crippen MR) is 86.3 cm³/mol. The lowest BCUT2D eigenvalue weighted by Crippen LogP contribution is -2.22. The average Bonchev–Trinajstić information content (AvgIpc) is 2.46. The van der Waals surface area contributed by atoms with E-state index < -0.39 is 0 Å². The molecule has 5 heteroatoms. The van der Waals surface area contributed by atoms with E-state index >= 15 is 0 Å². The number of carbonyl (C=O) groups excluding carboxylic acids is 1. The zero-order valence-electron chi connectivity index (χ0n) is 11.4. The second kappa shape index (κ2) is 8.32. The molecule has 0 bridgehead atoms. The molecule has 0 heterocycles. The van der Waals surface area contributed by atoms with Crippen molar-refractivity contribution in [3.05, 3.63) is 34.9 Å². The SMILES string of the molecule is O=C(CSCc1cccc(Cl)c1)NN=C1CCCCC1. The quantitative estimate of drug-likeness (QED) is 0.835. The molecule has 20 heavy (non-hydrogen) atoms. The molecule has 0 aliphatic heterocycles. The number of nitrogens with zero attached hydrogens (tertiary/aromatic N) is 1. The van der Waals surface area contributed by atoms with E-state index in [9.17, 15) is 4.79 Å². The third-order valence-corrected chi connectivity index (χ3v) is 4.40. The second-order valence-corrected chi connectivity index (χ2v) is 6.32. The van der Waals surface area contributed by atoms with E-state index in [-0.39, 0.29) is 5.91 Å². The molecule has 0 aromatic heterocycles. The van der Waals surface area contributed by atoms with Gasteiger partial charge in [-0.1, -0.05) is 30.2 Å². The van der Waals surface area contributed by atoms with Gasteiger partial charge >= 0.3 is 0 Å². The lowest BCUT2D eigenvalue weighted by Gasteiger charge is -2.11. The van der Waals surface area contributed by atoms with Crippen LogP contribution < -0.4 is 5.43 Å².